The van der Waals surface area contributed by atoms with Gasteiger partial charge in [-0.05, 0) is 38.1 Å². The lowest BCUT2D eigenvalue weighted by Gasteiger charge is -2.39. The molecule has 0 amide bonds. The van der Waals surface area contributed by atoms with E-state index in [1.807, 2.05) is 0 Å². The third-order valence-corrected chi connectivity index (χ3v) is 6.06. The highest BCUT2D eigenvalue weighted by molar-refractivity contribution is 7.92. The van der Waals surface area contributed by atoms with Gasteiger partial charge in [-0.1, -0.05) is 5.16 Å². The molecule has 3 rings (SSSR count). The van der Waals surface area contributed by atoms with Gasteiger partial charge in [-0.25, -0.2) is 17.9 Å². The van der Waals surface area contributed by atoms with Gasteiger partial charge >= 0.3 is 5.97 Å². The zero-order chi connectivity index (χ0) is 22.2. The van der Waals surface area contributed by atoms with Crippen LogP contribution in [-0.2, 0) is 19.6 Å². The standard InChI is InChI=1S/C17H21N3O9S/c1-7-8(2)19-29-15(7)20-30(26,27)10-5-3-9(4-6-10)18-16-13(23)11(21)12(22)14(28-16)17(24)25/h3-6,11-14,16,18,20-23H,1-2H3,(H,24,25). The van der Waals surface area contributed by atoms with Crippen molar-refractivity contribution in [2.24, 2.45) is 0 Å². The van der Waals surface area contributed by atoms with Crippen LogP contribution in [0.3, 0.4) is 0 Å². The summed E-state index contributed by atoms with van der Waals surface area (Å²) < 4.78 is 37.4. The number of ether oxygens (including phenoxy) is 1. The van der Waals surface area contributed by atoms with E-state index in [9.17, 15) is 28.5 Å². The summed E-state index contributed by atoms with van der Waals surface area (Å²) in [6.07, 6.45) is -8.30. The number of nitrogens with zero attached hydrogens (tertiary/aromatic N) is 1. The molecular weight excluding hydrogens is 422 g/mol. The number of nitrogens with one attached hydrogen (secondary N) is 2. The van der Waals surface area contributed by atoms with E-state index in [4.69, 9.17) is 14.4 Å². The summed E-state index contributed by atoms with van der Waals surface area (Å²) in [5.74, 6) is -1.51. The zero-order valence-electron chi connectivity index (χ0n) is 15.9. The molecule has 0 aliphatic carbocycles. The van der Waals surface area contributed by atoms with Crippen LogP contribution in [0.5, 0.6) is 0 Å². The SMILES string of the molecule is Cc1noc(NS(=O)(=O)c2ccc(NC3OC(C(=O)O)C(O)C(O)C3O)cc2)c1C. The Balaban J connectivity index is 1.74. The van der Waals surface area contributed by atoms with E-state index in [0.29, 0.717) is 11.3 Å². The Bertz CT molecular complexity index is 1020. The fourth-order valence-corrected chi connectivity index (χ4v) is 3.84. The second kappa shape index (κ2) is 8.20. The van der Waals surface area contributed by atoms with Gasteiger partial charge in [0.2, 0.25) is 5.88 Å². The van der Waals surface area contributed by atoms with Crippen LogP contribution in [0.15, 0.2) is 33.7 Å². The number of hydrogen-bond acceptors (Lipinski definition) is 10. The Morgan fingerprint density at radius 1 is 1.07 bits per heavy atom. The minimum Gasteiger partial charge on any atom is -0.479 e. The van der Waals surface area contributed by atoms with Gasteiger partial charge in [0, 0.05) is 11.3 Å². The third kappa shape index (κ3) is 4.24. The van der Waals surface area contributed by atoms with Gasteiger partial charge in [-0.2, -0.15) is 0 Å². The Kier molecular flexibility index (Phi) is 6.01. The molecule has 1 saturated heterocycles. The van der Waals surface area contributed by atoms with Gasteiger partial charge in [-0.3, -0.25) is 0 Å². The number of hydrogen-bond donors (Lipinski definition) is 6. The second-order valence-corrected chi connectivity index (χ2v) is 8.47. The Morgan fingerprint density at radius 2 is 1.70 bits per heavy atom. The number of aromatic nitrogens is 1. The predicted octanol–water partition coefficient (Wildman–Crippen LogP) is -0.604. The number of carboxylic acid groups (broad SMARTS) is 1. The van der Waals surface area contributed by atoms with Crippen LogP contribution in [0.25, 0.3) is 0 Å². The number of sulfonamides is 1. The first-order valence-corrected chi connectivity index (χ1v) is 10.2. The monoisotopic (exact) mass is 443 g/mol. The van der Waals surface area contributed by atoms with Crippen molar-refractivity contribution < 1.29 is 42.9 Å². The summed E-state index contributed by atoms with van der Waals surface area (Å²) >= 11 is 0. The van der Waals surface area contributed by atoms with Crippen LogP contribution in [0, 0.1) is 13.8 Å². The van der Waals surface area contributed by atoms with E-state index in [2.05, 4.69) is 15.2 Å². The minimum absolute atomic E-state index is 0.000636. The molecule has 1 aliphatic rings. The number of aliphatic hydroxyl groups excluding tert-OH is 3. The first-order valence-electron chi connectivity index (χ1n) is 8.76. The van der Waals surface area contributed by atoms with Crippen LogP contribution in [0.2, 0.25) is 0 Å². The summed E-state index contributed by atoms with van der Waals surface area (Å²) in [7, 11) is -3.96. The maximum Gasteiger partial charge on any atom is 0.335 e. The molecule has 164 valence electrons. The van der Waals surface area contributed by atoms with E-state index >= 15 is 0 Å². The molecular formula is C17H21N3O9S. The number of aliphatic hydroxyl groups is 3. The van der Waals surface area contributed by atoms with Gasteiger partial charge in [-0.15, -0.1) is 0 Å². The number of carbonyl (C=O) groups is 1. The van der Waals surface area contributed by atoms with Crippen molar-refractivity contribution in [1.82, 2.24) is 5.16 Å². The highest BCUT2D eigenvalue weighted by atomic mass is 32.2. The molecule has 5 unspecified atom stereocenters. The van der Waals surface area contributed by atoms with Crippen molar-refractivity contribution in [2.75, 3.05) is 10.0 Å². The maximum absolute atomic E-state index is 12.5. The highest BCUT2D eigenvalue weighted by Crippen LogP contribution is 2.25. The third-order valence-electron chi connectivity index (χ3n) is 4.71. The molecule has 13 heteroatoms. The molecule has 2 heterocycles. The summed E-state index contributed by atoms with van der Waals surface area (Å²) in [4.78, 5) is 11.1. The summed E-state index contributed by atoms with van der Waals surface area (Å²) in [5.41, 5.74) is 1.37. The largest absolute Gasteiger partial charge is 0.479 e. The molecule has 0 spiro atoms. The van der Waals surface area contributed by atoms with Crippen molar-refractivity contribution >= 4 is 27.6 Å². The normalized spacial score (nSPS) is 26.9. The number of carboxylic acids is 1. The maximum atomic E-state index is 12.5. The summed E-state index contributed by atoms with van der Waals surface area (Å²) in [6.45, 7) is 3.33. The van der Waals surface area contributed by atoms with E-state index in [1.165, 1.54) is 24.3 Å². The van der Waals surface area contributed by atoms with Crippen molar-refractivity contribution in [3.8, 4) is 0 Å². The lowest BCUT2D eigenvalue weighted by molar-refractivity contribution is -0.221. The summed E-state index contributed by atoms with van der Waals surface area (Å²) in [6, 6.07) is 5.24. The van der Waals surface area contributed by atoms with Gasteiger partial charge in [0.05, 0.1) is 10.6 Å². The van der Waals surface area contributed by atoms with E-state index in [1.54, 1.807) is 13.8 Å². The fourth-order valence-electron chi connectivity index (χ4n) is 2.79. The van der Waals surface area contributed by atoms with Crippen molar-refractivity contribution in [2.45, 2.75) is 49.4 Å². The molecule has 0 saturated carbocycles. The Morgan fingerprint density at radius 3 is 2.23 bits per heavy atom. The van der Waals surface area contributed by atoms with Crippen molar-refractivity contribution in [1.29, 1.82) is 0 Å². The van der Waals surface area contributed by atoms with Crippen LogP contribution in [0.1, 0.15) is 11.3 Å². The molecule has 1 aliphatic heterocycles. The minimum atomic E-state index is -3.96. The Hall–Kier alpha value is -2.71. The summed E-state index contributed by atoms with van der Waals surface area (Å²) in [5, 5.41) is 45.0. The zero-order valence-corrected chi connectivity index (χ0v) is 16.7. The molecule has 6 N–H and O–H groups in total. The second-order valence-electron chi connectivity index (χ2n) is 6.78. The van der Waals surface area contributed by atoms with Crippen molar-refractivity contribution in [3.63, 3.8) is 0 Å². The average molecular weight is 443 g/mol. The molecule has 1 aromatic heterocycles. The van der Waals surface area contributed by atoms with Crippen LogP contribution in [0.4, 0.5) is 11.6 Å². The molecule has 2 aromatic rings. The molecule has 1 aromatic carbocycles. The Labute approximate surface area is 171 Å². The van der Waals surface area contributed by atoms with E-state index in [-0.39, 0.29) is 16.5 Å². The van der Waals surface area contributed by atoms with Crippen LogP contribution < -0.4 is 10.0 Å². The van der Waals surface area contributed by atoms with Gasteiger partial charge in [0.15, 0.2) is 12.3 Å². The van der Waals surface area contributed by atoms with Gasteiger partial charge < -0.3 is 35.0 Å². The molecule has 30 heavy (non-hydrogen) atoms. The average Bonchev–Trinajstić information content (AvgIpc) is 3.00. The first-order chi connectivity index (χ1) is 14.0. The van der Waals surface area contributed by atoms with Gasteiger partial charge in [0.1, 0.15) is 18.3 Å². The number of aryl methyl sites for hydroxylation is 1. The number of rotatable bonds is 6. The molecule has 5 atom stereocenters. The lowest BCUT2D eigenvalue weighted by Crippen LogP contribution is -2.61. The fraction of sp³-hybridized carbons (Fsp3) is 0.412. The molecule has 0 radical (unpaired) electrons. The quantitative estimate of drug-likeness (QED) is 0.334. The number of aliphatic carboxylic acids is 1. The topological polar surface area (TPSA) is 191 Å². The van der Waals surface area contributed by atoms with Crippen molar-refractivity contribution in [3.05, 3.63) is 35.5 Å². The smallest absolute Gasteiger partial charge is 0.335 e. The van der Waals surface area contributed by atoms with Crippen LogP contribution in [-0.4, -0.2) is 70.6 Å². The highest BCUT2D eigenvalue weighted by Gasteiger charge is 2.46. The van der Waals surface area contributed by atoms with Crippen LogP contribution >= 0.6 is 0 Å². The number of anilines is 2. The predicted molar refractivity (Wildman–Crippen MR) is 101 cm³/mol. The molecule has 1 fully saturated rings. The lowest BCUT2D eigenvalue weighted by atomic mass is 9.98. The molecule has 12 nitrogen and oxygen atoms in total. The molecule has 0 bridgehead atoms. The van der Waals surface area contributed by atoms with Gasteiger partial charge in [0.25, 0.3) is 10.0 Å². The first kappa shape index (κ1) is 22.0. The van der Waals surface area contributed by atoms with E-state index in [0.717, 1.165) is 0 Å². The van der Waals surface area contributed by atoms with E-state index < -0.39 is 46.6 Å². The number of benzene rings is 1.